The number of aromatic nitrogens is 1. The molecule has 1 aliphatic rings. The minimum atomic E-state index is -0.987. The fraction of sp³-hybridized carbons (Fsp3) is 0.273. The number of H-pyrrole nitrogens is 1. The number of hydrogen-bond acceptors (Lipinski definition) is 4. The Balaban J connectivity index is 1.99. The molecule has 2 heterocycles. The van der Waals surface area contributed by atoms with Gasteiger partial charge in [0.25, 0.3) is 5.91 Å². The molecule has 0 spiro atoms. The number of carbonyl (C=O) groups excluding carboxylic acids is 2. The van der Waals surface area contributed by atoms with Crippen molar-refractivity contribution in [3.63, 3.8) is 0 Å². The van der Waals surface area contributed by atoms with E-state index in [1.165, 1.54) is 20.3 Å². The van der Waals surface area contributed by atoms with Crippen molar-refractivity contribution in [1.29, 1.82) is 0 Å². The Kier molecular flexibility index (Phi) is 6.30. The third kappa shape index (κ3) is 4.23. The van der Waals surface area contributed by atoms with Crippen LogP contribution in [0.3, 0.4) is 0 Å². The number of methoxy groups -OCH3 is 2. The topological polar surface area (TPSA) is 97.7 Å². The van der Waals surface area contributed by atoms with Crippen molar-refractivity contribution in [1.82, 2.24) is 9.88 Å². The molecule has 0 saturated carbocycles. The number of ether oxygens (including phenoxy) is 2. The number of benzene rings is 1. The van der Waals surface area contributed by atoms with Gasteiger partial charge in [-0.2, -0.15) is 0 Å². The first kappa shape index (κ1) is 21.9. The second kappa shape index (κ2) is 8.92. The molecule has 2 amide bonds. The van der Waals surface area contributed by atoms with E-state index < -0.39 is 23.1 Å². The number of nitrogens with one attached hydrogen (secondary N) is 1. The molecular formula is C22H21F2N3O4. The Hall–Kier alpha value is -3.80. The average Bonchev–Trinajstić information content (AvgIpc) is 3.40. The maximum Gasteiger partial charge on any atom is 0.266 e. The summed E-state index contributed by atoms with van der Waals surface area (Å²) < 4.78 is 38.9. The number of primary amides is 1. The first-order valence-corrected chi connectivity index (χ1v) is 9.36. The highest BCUT2D eigenvalue weighted by molar-refractivity contribution is 5.94. The van der Waals surface area contributed by atoms with E-state index in [-0.39, 0.29) is 34.6 Å². The number of likely N-dealkylation sites (tertiary alicyclic amines) is 1. The van der Waals surface area contributed by atoms with Gasteiger partial charge >= 0.3 is 0 Å². The lowest BCUT2D eigenvalue weighted by atomic mass is 10.0. The van der Waals surface area contributed by atoms with Crippen LogP contribution in [0.25, 0.3) is 0 Å². The van der Waals surface area contributed by atoms with E-state index in [9.17, 15) is 18.4 Å². The van der Waals surface area contributed by atoms with Crippen LogP contribution in [0.4, 0.5) is 8.78 Å². The second-order valence-electron chi connectivity index (χ2n) is 6.89. The standard InChI is InChI=1S/C22H21F2N3O4/c1-4-18(28)27-8-7-13(11-27)15-9-12(21(26-15)22(25)29)5-6-14-19(23)16(30-2)10-17(31-3)20(14)24/h4,9-10,13,26H,1,7-8,11H2,2-3H3,(H2,25,29)/t13-/m0/s1. The third-order valence-corrected chi connectivity index (χ3v) is 5.10. The van der Waals surface area contributed by atoms with Gasteiger partial charge in [-0.1, -0.05) is 18.4 Å². The van der Waals surface area contributed by atoms with E-state index in [4.69, 9.17) is 15.2 Å². The Morgan fingerprint density at radius 3 is 2.42 bits per heavy atom. The summed E-state index contributed by atoms with van der Waals surface area (Å²) >= 11 is 0. The number of aromatic amines is 1. The largest absolute Gasteiger partial charge is 0.493 e. The third-order valence-electron chi connectivity index (χ3n) is 5.10. The number of carbonyl (C=O) groups is 2. The van der Waals surface area contributed by atoms with Crippen LogP contribution in [-0.2, 0) is 4.79 Å². The quantitative estimate of drug-likeness (QED) is 0.563. The molecule has 0 aliphatic carbocycles. The van der Waals surface area contributed by atoms with Gasteiger partial charge in [-0.15, -0.1) is 0 Å². The van der Waals surface area contributed by atoms with E-state index in [0.717, 1.165) is 6.07 Å². The molecule has 1 aromatic heterocycles. The molecule has 0 radical (unpaired) electrons. The van der Waals surface area contributed by atoms with Crippen LogP contribution >= 0.6 is 0 Å². The number of nitrogens with two attached hydrogens (primary N) is 1. The minimum Gasteiger partial charge on any atom is -0.493 e. The van der Waals surface area contributed by atoms with E-state index >= 15 is 0 Å². The molecule has 9 heteroatoms. The summed E-state index contributed by atoms with van der Waals surface area (Å²) in [5, 5.41) is 0. The van der Waals surface area contributed by atoms with Gasteiger partial charge in [0.1, 0.15) is 11.3 Å². The maximum absolute atomic E-state index is 14.5. The van der Waals surface area contributed by atoms with Gasteiger partial charge in [0, 0.05) is 30.8 Å². The lowest BCUT2D eigenvalue weighted by molar-refractivity contribution is -0.125. The van der Waals surface area contributed by atoms with E-state index in [0.29, 0.717) is 25.2 Å². The molecule has 7 nitrogen and oxygen atoms in total. The molecule has 2 aromatic rings. The average molecular weight is 429 g/mol. The van der Waals surface area contributed by atoms with Gasteiger partial charge in [-0.05, 0) is 18.6 Å². The summed E-state index contributed by atoms with van der Waals surface area (Å²) in [6.07, 6.45) is 1.91. The molecule has 1 aliphatic heterocycles. The van der Waals surface area contributed by atoms with Crippen molar-refractivity contribution in [2.24, 2.45) is 5.73 Å². The predicted octanol–water partition coefficient (Wildman–Crippen LogP) is 2.31. The Morgan fingerprint density at radius 2 is 1.87 bits per heavy atom. The molecule has 0 unspecified atom stereocenters. The summed E-state index contributed by atoms with van der Waals surface area (Å²) in [7, 11) is 2.47. The number of amides is 2. The first-order chi connectivity index (χ1) is 14.8. The zero-order valence-electron chi connectivity index (χ0n) is 17.1. The van der Waals surface area contributed by atoms with E-state index in [1.807, 2.05) is 0 Å². The highest BCUT2D eigenvalue weighted by Gasteiger charge is 2.28. The maximum atomic E-state index is 14.5. The van der Waals surface area contributed by atoms with Crippen molar-refractivity contribution in [2.75, 3.05) is 27.3 Å². The van der Waals surface area contributed by atoms with Crippen molar-refractivity contribution in [2.45, 2.75) is 12.3 Å². The molecular weight excluding hydrogens is 408 g/mol. The number of rotatable bonds is 5. The number of halogens is 2. The lowest BCUT2D eigenvalue weighted by Gasteiger charge is -2.13. The Morgan fingerprint density at radius 1 is 1.23 bits per heavy atom. The first-order valence-electron chi connectivity index (χ1n) is 9.36. The smallest absolute Gasteiger partial charge is 0.266 e. The van der Waals surface area contributed by atoms with Crippen LogP contribution in [0.2, 0.25) is 0 Å². The summed E-state index contributed by atoms with van der Waals surface area (Å²) in [4.78, 5) is 28.3. The van der Waals surface area contributed by atoms with Crippen molar-refractivity contribution in [3.8, 4) is 23.3 Å². The molecule has 162 valence electrons. The molecule has 1 fully saturated rings. The van der Waals surface area contributed by atoms with Crippen LogP contribution in [-0.4, -0.2) is 49.0 Å². The molecule has 3 rings (SSSR count). The van der Waals surface area contributed by atoms with Crippen LogP contribution in [0.15, 0.2) is 24.8 Å². The van der Waals surface area contributed by atoms with Crippen molar-refractivity contribution < 1.29 is 27.8 Å². The van der Waals surface area contributed by atoms with Crippen LogP contribution in [0, 0.1) is 23.5 Å². The summed E-state index contributed by atoms with van der Waals surface area (Å²) in [6.45, 7) is 4.46. The fourth-order valence-electron chi connectivity index (χ4n) is 3.46. The molecule has 31 heavy (non-hydrogen) atoms. The van der Waals surface area contributed by atoms with E-state index in [1.54, 1.807) is 11.0 Å². The molecule has 1 saturated heterocycles. The van der Waals surface area contributed by atoms with Gasteiger partial charge in [-0.3, -0.25) is 9.59 Å². The highest BCUT2D eigenvalue weighted by atomic mass is 19.1. The number of hydrogen-bond donors (Lipinski definition) is 2. The van der Waals surface area contributed by atoms with Crippen LogP contribution < -0.4 is 15.2 Å². The molecule has 3 N–H and O–H groups in total. The normalized spacial score (nSPS) is 15.2. The molecule has 0 bridgehead atoms. The predicted molar refractivity (Wildman–Crippen MR) is 109 cm³/mol. The molecule has 1 aromatic carbocycles. The molecule has 1 atom stereocenters. The van der Waals surface area contributed by atoms with Gasteiger partial charge in [0.15, 0.2) is 23.1 Å². The van der Waals surface area contributed by atoms with Gasteiger partial charge in [-0.25, -0.2) is 8.78 Å². The van der Waals surface area contributed by atoms with Crippen LogP contribution in [0.5, 0.6) is 11.5 Å². The Labute approximate surface area is 177 Å². The number of nitrogens with zero attached hydrogens (tertiary/aromatic N) is 1. The summed E-state index contributed by atoms with van der Waals surface area (Å²) in [5.74, 6) is 1.58. The zero-order chi connectivity index (χ0) is 22.7. The lowest BCUT2D eigenvalue weighted by Crippen LogP contribution is -2.26. The van der Waals surface area contributed by atoms with Crippen molar-refractivity contribution in [3.05, 3.63) is 58.9 Å². The highest BCUT2D eigenvalue weighted by Crippen LogP contribution is 2.31. The zero-order valence-corrected chi connectivity index (χ0v) is 17.1. The van der Waals surface area contributed by atoms with Gasteiger partial charge in [0.05, 0.1) is 19.8 Å². The van der Waals surface area contributed by atoms with Crippen LogP contribution in [0.1, 0.15) is 39.6 Å². The fourth-order valence-corrected chi connectivity index (χ4v) is 3.46. The minimum absolute atomic E-state index is 0.0201. The summed E-state index contributed by atoms with van der Waals surface area (Å²) in [6, 6.07) is 2.68. The van der Waals surface area contributed by atoms with Crippen molar-refractivity contribution >= 4 is 11.8 Å². The van der Waals surface area contributed by atoms with Gasteiger partial charge < -0.3 is 25.1 Å². The second-order valence-corrected chi connectivity index (χ2v) is 6.89. The monoisotopic (exact) mass is 429 g/mol. The van der Waals surface area contributed by atoms with E-state index in [2.05, 4.69) is 23.4 Å². The Bertz CT molecular complexity index is 1090. The van der Waals surface area contributed by atoms with Gasteiger partial charge in [0.2, 0.25) is 5.91 Å². The summed E-state index contributed by atoms with van der Waals surface area (Å²) in [5.41, 5.74) is 5.75. The SMILES string of the molecule is C=CC(=O)N1CC[C@H](c2cc(C#Cc3c(F)c(OC)cc(OC)c3F)c(C(N)=O)[nH]2)C1.